The van der Waals surface area contributed by atoms with E-state index in [4.69, 9.17) is 4.74 Å². The van der Waals surface area contributed by atoms with Crippen LogP contribution in [0.2, 0.25) is 0 Å². The quantitative estimate of drug-likeness (QED) is 0.674. The van der Waals surface area contributed by atoms with Crippen molar-refractivity contribution in [2.45, 2.75) is 31.7 Å². The summed E-state index contributed by atoms with van der Waals surface area (Å²) >= 11 is 0. The van der Waals surface area contributed by atoms with E-state index in [1.807, 2.05) is 0 Å². The zero-order chi connectivity index (χ0) is 15.4. The molecule has 1 atom stereocenters. The number of hydrogen-bond donors (Lipinski definition) is 1. The molecule has 1 aromatic carbocycles. The third-order valence-corrected chi connectivity index (χ3v) is 3.84. The largest absolute Gasteiger partial charge is 0.476 e. The summed E-state index contributed by atoms with van der Waals surface area (Å²) in [6, 6.07) is 4.95. The maximum absolute atomic E-state index is 10.7. The van der Waals surface area contributed by atoms with Crippen LogP contribution in [0.15, 0.2) is 24.4 Å². The molecule has 0 aliphatic carbocycles. The number of non-ortho nitro benzene ring substituents is 1. The molecule has 0 bridgehead atoms. The summed E-state index contributed by atoms with van der Waals surface area (Å²) in [7, 11) is 0. The first-order chi connectivity index (χ1) is 10.7. The Bertz CT molecular complexity index is 671. The van der Waals surface area contributed by atoms with Crippen molar-refractivity contribution in [3.05, 3.63) is 34.5 Å². The van der Waals surface area contributed by atoms with Gasteiger partial charge in [-0.15, -0.1) is 0 Å². The van der Waals surface area contributed by atoms with E-state index < -0.39 is 4.92 Å². The Labute approximate surface area is 127 Å². The average Bonchev–Trinajstić information content (AvgIpc) is 2.55. The highest BCUT2D eigenvalue weighted by Gasteiger charge is 2.13. The van der Waals surface area contributed by atoms with Crippen molar-refractivity contribution in [1.82, 2.24) is 15.3 Å². The molecule has 1 fully saturated rings. The minimum atomic E-state index is -0.442. The van der Waals surface area contributed by atoms with E-state index in [1.54, 1.807) is 6.07 Å². The minimum Gasteiger partial charge on any atom is -0.476 e. The van der Waals surface area contributed by atoms with Crippen LogP contribution in [0, 0.1) is 10.1 Å². The lowest BCUT2D eigenvalue weighted by molar-refractivity contribution is -0.384. The van der Waals surface area contributed by atoms with Crippen LogP contribution in [0.1, 0.15) is 25.7 Å². The number of piperidine rings is 1. The Hall–Kier alpha value is -2.28. The fourth-order valence-electron chi connectivity index (χ4n) is 2.64. The molecule has 0 amide bonds. The number of aromatic nitrogens is 2. The van der Waals surface area contributed by atoms with Gasteiger partial charge in [0.05, 0.1) is 28.8 Å². The van der Waals surface area contributed by atoms with Gasteiger partial charge in [0.1, 0.15) is 0 Å². The SMILES string of the molecule is O=[N+]([O-])c1ccc2nc(OCC[C@H]3CCCCN3)cnc2c1. The van der Waals surface area contributed by atoms with Gasteiger partial charge in [-0.1, -0.05) is 6.42 Å². The molecule has 116 valence electrons. The predicted octanol–water partition coefficient (Wildman–Crippen LogP) is 2.45. The summed E-state index contributed by atoms with van der Waals surface area (Å²) in [4.78, 5) is 18.8. The second-order valence-electron chi connectivity index (χ2n) is 5.42. The zero-order valence-electron chi connectivity index (χ0n) is 12.2. The number of hydrogen-bond acceptors (Lipinski definition) is 6. The third kappa shape index (κ3) is 3.48. The molecule has 2 heterocycles. The van der Waals surface area contributed by atoms with E-state index in [1.165, 1.54) is 37.6 Å². The number of nitrogens with one attached hydrogen (secondary N) is 1. The van der Waals surface area contributed by atoms with E-state index in [2.05, 4.69) is 15.3 Å². The van der Waals surface area contributed by atoms with Gasteiger partial charge in [0.2, 0.25) is 5.88 Å². The standard InChI is InChI=1S/C15H18N4O3/c20-19(21)12-4-5-13-14(9-12)17-10-15(18-13)22-8-6-11-3-1-2-7-16-11/h4-5,9-11,16H,1-3,6-8H2/t11-/m1/s1. The van der Waals surface area contributed by atoms with Crippen LogP contribution in [-0.4, -0.2) is 34.1 Å². The molecule has 7 heteroatoms. The fourth-order valence-corrected chi connectivity index (χ4v) is 2.64. The molecule has 0 saturated carbocycles. The number of benzene rings is 1. The van der Waals surface area contributed by atoms with Crippen molar-refractivity contribution in [2.75, 3.05) is 13.2 Å². The Morgan fingerprint density at radius 2 is 2.27 bits per heavy atom. The van der Waals surface area contributed by atoms with E-state index in [0.717, 1.165) is 13.0 Å². The molecule has 0 unspecified atom stereocenters. The zero-order valence-corrected chi connectivity index (χ0v) is 12.2. The van der Waals surface area contributed by atoms with Crippen LogP contribution in [0.4, 0.5) is 5.69 Å². The number of nitrogens with zero attached hydrogens (tertiary/aromatic N) is 3. The van der Waals surface area contributed by atoms with Gasteiger partial charge in [0.15, 0.2) is 0 Å². The smallest absolute Gasteiger partial charge is 0.271 e. The molecule has 1 aliphatic heterocycles. The van der Waals surface area contributed by atoms with Crippen molar-refractivity contribution in [1.29, 1.82) is 0 Å². The van der Waals surface area contributed by atoms with Gasteiger partial charge in [0, 0.05) is 18.2 Å². The maximum atomic E-state index is 10.7. The number of rotatable bonds is 5. The van der Waals surface area contributed by atoms with Gasteiger partial charge in [-0.2, -0.15) is 0 Å². The molecule has 22 heavy (non-hydrogen) atoms. The molecule has 1 N–H and O–H groups in total. The molecule has 1 saturated heterocycles. The van der Waals surface area contributed by atoms with Gasteiger partial charge in [-0.05, 0) is 31.9 Å². The molecule has 2 aromatic rings. The van der Waals surface area contributed by atoms with E-state index in [-0.39, 0.29) is 5.69 Å². The highest BCUT2D eigenvalue weighted by Crippen LogP contribution is 2.20. The number of fused-ring (bicyclic) bond motifs is 1. The molecule has 3 rings (SSSR count). The normalized spacial score (nSPS) is 18.3. The molecule has 0 radical (unpaired) electrons. The second-order valence-corrected chi connectivity index (χ2v) is 5.42. The number of nitro groups is 1. The molecule has 1 aromatic heterocycles. The first kappa shape index (κ1) is 14.6. The lowest BCUT2D eigenvalue weighted by atomic mass is 10.0. The summed E-state index contributed by atoms with van der Waals surface area (Å²) < 4.78 is 5.65. The minimum absolute atomic E-state index is 0.0128. The Morgan fingerprint density at radius 1 is 1.36 bits per heavy atom. The highest BCUT2D eigenvalue weighted by atomic mass is 16.6. The maximum Gasteiger partial charge on any atom is 0.271 e. The third-order valence-electron chi connectivity index (χ3n) is 3.84. The Morgan fingerprint density at radius 3 is 3.05 bits per heavy atom. The summed E-state index contributed by atoms with van der Waals surface area (Å²) in [5.41, 5.74) is 1.10. The van der Waals surface area contributed by atoms with Crippen LogP contribution in [0.5, 0.6) is 5.88 Å². The highest BCUT2D eigenvalue weighted by molar-refractivity contribution is 5.77. The molecular weight excluding hydrogens is 284 g/mol. The van der Waals surface area contributed by atoms with Crippen molar-refractivity contribution >= 4 is 16.7 Å². The average molecular weight is 302 g/mol. The van der Waals surface area contributed by atoms with E-state index in [0.29, 0.717) is 29.6 Å². The Kier molecular flexibility index (Phi) is 4.43. The van der Waals surface area contributed by atoms with Gasteiger partial charge >= 0.3 is 0 Å². The molecule has 7 nitrogen and oxygen atoms in total. The Balaban J connectivity index is 1.62. The monoisotopic (exact) mass is 302 g/mol. The molecule has 0 spiro atoms. The van der Waals surface area contributed by atoms with Crippen LogP contribution >= 0.6 is 0 Å². The van der Waals surface area contributed by atoms with Crippen LogP contribution in [0.3, 0.4) is 0 Å². The van der Waals surface area contributed by atoms with E-state index >= 15 is 0 Å². The van der Waals surface area contributed by atoms with Crippen molar-refractivity contribution in [3.63, 3.8) is 0 Å². The van der Waals surface area contributed by atoms with Gasteiger partial charge in [0.25, 0.3) is 5.69 Å². The van der Waals surface area contributed by atoms with Crippen LogP contribution < -0.4 is 10.1 Å². The summed E-state index contributed by atoms with van der Waals surface area (Å²) in [6.07, 6.45) is 6.17. The summed E-state index contributed by atoms with van der Waals surface area (Å²) in [6.45, 7) is 1.67. The first-order valence-corrected chi connectivity index (χ1v) is 7.50. The van der Waals surface area contributed by atoms with Crippen LogP contribution in [0.25, 0.3) is 11.0 Å². The van der Waals surface area contributed by atoms with Gasteiger partial charge < -0.3 is 10.1 Å². The lowest BCUT2D eigenvalue weighted by Crippen LogP contribution is -2.35. The molecular formula is C15H18N4O3. The topological polar surface area (TPSA) is 90.2 Å². The number of ether oxygens (including phenoxy) is 1. The predicted molar refractivity (Wildman–Crippen MR) is 81.9 cm³/mol. The van der Waals surface area contributed by atoms with Gasteiger partial charge in [-0.3, -0.25) is 10.1 Å². The van der Waals surface area contributed by atoms with E-state index in [9.17, 15) is 10.1 Å². The van der Waals surface area contributed by atoms with Crippen LogP contribution in [-0.2, 0) is 0 Å². The van der Waals surface area contributed by atoms with Crippen molar-refractivity contribution in [3.8, 4) is 5.88 Å². The summed E-state index contributed by atoms with van der Waals surface area (Å²) in [5.74, 6) is 0.456. The fraction of sp³-hybridized carbons (Fsp3) is 0.467. The van der Waals surface area contributed by atoms with Crippen molar-refractivity contribution in [2.24, 2.45) is 0 Å². The first-order valence-electron chi connectivity index (χ1n) is 7.50. The molecule has 1 aliphatic rings. The van der Waals surface area contributed by atoms with Gasteiger partial charge in [-0.25, -0.2) is 9.97 Å². The van der Waals surface area contributed by atoms with Crippen molar-refractivity contribution < 1.29 is 9.66 Å². The lowest BCUT2D eigenvalue weighted by Gasteiger charge is -2.23. The summed E-state index contributed by atoms with van der Waals surface area (Å²) in [5, 5.41) is 14.2. The number of nitro benzene ring substituents is 1. The second kappa shape index (κ2) is 6.65.